The second-order valence-electron chi connectivity index (χ2n) is 4.06. The maximum Gasteiger partial charge on any atom is 0.188 e. The molecular formula is C14H14NO2. The van der Waals surface area contributed by atoms with Gasteiger partial charge in [0.2, 0.25) is 0 Å². The highest BCUT2D eigenvalue weighted by molar-refractivity contribution is 5.83. The Labute approximate surface area is 100 Å². The third-order valence-electron chi connectivity index (χ3n) is 2.82. The Morgan fingerprint density at radius 3 is 2.82 bits per heavy atom. The van der Waals surface area contributed by atoms with E-state index in [1.165, 1.54) is 10.8 Å². The van der Waals surface area contributed by atoms with E-state index in [4.69, 9.17) is 9.47 Å². The SMILES string of the molecule is c1ccc2cc(OC3COCC[N]3)ccc2c1. The van der Waals surface area contributed by atoms with Gasteiger partial charge in [0.25, 0.3) is 0 Å². The second-order valence-corrected chi connectivity index (χ2v) is 4.06. The molecule has 3 nitrogen and oxygen atoms in total. The molecule has 1 atom stereocenters. The van der Waals surface area contributed by atoms with Gasteiger partial charge in [0.15, 0.2) is 6.23 Å². The topological polar surface area (TPSA) is 32.6 Å². The molecule has 3 heteroatoms. The van der Waals surface area contributed by atoms with Crippen LogP contribution in [-0.2, 0) is 4.74 Å². The van der Waals surface area contributed by atoms with Crippen molar-refractivity contribution >= 4 is 10.8 Å². The summed E-state index contributed by atoms with van der Waals surface area (Å²) in [7, 11) is 0. The van der Waals surface area contributed by atoms with Crippen LogP contribution in [0.3, 0.4) is 0 Å². The van der Waals surface area contributed by atoms with E-state index in [9.17, 15) is 0 Å². The molecule has 0 aromatic heterocycles. The number of hydrogen-bond donors (Lipinski definition) is 0. The van der Waals surface area contributed by atoms with Gasteiger partial charge in [-0.25, -0.2) is 0 Å². The van der Waals surface area contributed by atoms with Crippen molar-refractivity contribution in [2.24, 2.45) is 0 Å². The standard InChI is InChI=1S/C14H14NO2/c1-2-4-12-9-13(6-5-11(12)3-1)17-14-10-16-8-7-15-14/h1-6,9,14H,7-8,10H2. The van der Waals surface area contributed by atoms with Gasteiger partial charge < -0.3 is 9.47 Å². The van der Waals surface area contributed by atoms with E-state index in [1.54, 1.807) is 0 Å². The fourth-order valence-electron chi connectivity index (χ4n) is 1.97. The lowest BCUT2D eigenvalue weighted by molar-refractivity contribution is -0.00524. The first-order valence-electron chi connectivity index (χ1n) is 5.82. The molecule has 0 amide bonds. The third kappa shape index (κ3) is 2.40. The fourth-order valence-corrected chi connectivity index (χ4v) is 1.97. The molecule has 0 saturated carbocycles. The summed E-state index contributed by atoms with van der Waals surface area (Å²) in [6.07, 6.45) is -0.162. The zero-order valence-corrected chi connectivity index (χ0v) is 9.50. The van der Waals surface area contributed by atoms with Gasteiger partial charge in [0, 0.05) is 6.54 Å². The van der Waals surface area contributed by atoms with E-state index in [0.29, 0.717) is 13.2 Å². The van der Waals surface area contributed by atoms with Crippen LogP contribution in [-0.4, -0.2) is 26.0 Å². The first-order chi connectivity index (χ1) is 8.42. The van der Waals surface area contributed by atoms with Crippen molar-refractivity contribution in [2.75, 3.05) is 19.8 Å². The lowest BCUT2D eigenvalue weighted by Gasteiger charge is -2.23. The first kappa shape index (κ1) is 10.6. The zero-order chi connectivity index (χ0) is 11.5. The number of nitrogens with zero attached hydrogens (tertiary/aromatic N) is 1. The molecule has 0 N–H and O–H groups in total. The molecule has 2 aromatic rings. The molecule has 1 aliphatic heterocycles. The molecule has 87 valence electrons. The normalized spacial score (nSPS) is 20.4. The van der Waals surface area contributed by atoms with Crippen molar-refractivity contribution in [3.05, 3.63) is 42.5 Å². The minimum Gasteiger partial charge on any atom is -0.471 e. The molecule has 1 aliphatic rings. The average Bonchev–Trinajstić information content (AvgIpc) is 2.40. The Kier molecular flexibility index (Phi) is 2.94. The Balaban J connectivity index is 1.80. The summed E-state index contributed by atoms with van der Waals surface area (Å²) in [6.45, 7) is 1.97. The quantitative estimate of drug-likeness (QED) is 0.789. The Bertz CT molecular complexity index is 506. The Hall–Kier alpha value is -1.58. The summed E-state index contributed by atoms with van der Waals surface area (Å²) in [4.78, 5) is 0. The molecular weight excluding hydrogens is 214 g/mol. The van der Waals surface area contributed by atoms with E-state index in [-0.39, 0.29) is 6.23 Å². The highest BCUT2D eigenvalue weighted by Crippen LogP contribution is 2.21. The minimum absolute atomic E-state index is 0.162. The molecule has 2 aromatic carbocycles. The van der Waals surface area contributed by atoms with E-state index in [0.717, 1.165) is 12.3 Å². The van der Waals surface area contributed by atoms with Crippen molar-refractivity contribution in [3.63, 3.8) is 0 Å². The van der Waals surface area contributed by atoms with E-state index >= 15 is 0 Å². The van der Waals surface area contributed by atoms with Crippen LogP contribution in [0.4, 0.5) is 0 Å². The van der Waals surface area contributed by atoms with Crippen LogP contribution >= 0.6 is 0 Å². The number of fused-ring (bicyclic) bond motifs is 1. The van der Waals surface area contributed by atoms with Crippen LogP contribution in [0.25, 0.3) is 10.8 Å². The monoisotopic (exact) mass is 228 g/mol. The van der Waals surface area contributed by atoms with Gasteiger partial charge >= 0.3 is 0 Å². The van der Waals surface area contributed by atoms with Crippen molar-refractivity contribution < 1.29 is 9.47 Å². The largest absolute Gasteiger partial charge is 0.471 e. The summed E-state index contributed by atoms with van der Waals surface area (Å²) in [6, 6.07) is 14.3. The van der Waals surface area contributed by atoms with Crippen LogP contribution in [0.2, 0.25) is 0 Å². The van der Waals surface area contributed by atoms with Crippen molar-refractivity contribution in [1.29, 1.82) is 0 Å². The molecule has 1 unspecified atom stereocenters. The molecule has 1 radical (unpaired) electrons. The van der Waals surface area contributed by atoms with Crippen LogP contribution in [0.15, 0.2) is 42.5 Å². The molecule has 1 heterocycles. The van der Waals surface area contributed by atoms with E-state index < -0.39 is 0 Å². The summed E-state index contributed by atoms with van der Waals surface area (Å²) in [5, 5.41) is 6.76. The molecule has 0 bridgehead atoms. The predicted molar refractivity (Wildman–Crippen MR) is 66.2 cm³/mol. The average molecular weight is 228 g/mol. The van der Waals surface area contributed by atoms with Gasteiger partial charge in [-0.1, -0.05) is 30.3 Å². The van der Waals surface area contributed by atoms with E-state index in [1.807, 2.05) is 24.3 Å². The first-order valence-corrected chi connectivity index (χ1v) is 5.82. The minimum atomic E-state index is -0.162. The van der Waals surface area contributed by atoms with Gasteiger partial charge in [-0.3, -0.25) is 0 Å². The summed E-state index contributed by atoms with van der Waals surface area (Å²) in [5.74, 6) is 0.850. The Morgan fingerprint density at radius 2 is 2.00 bits per heavy atom. The zero-order valence-electron chi connectivity index (χ0n) is 9.50. The van der Waals surface area contributed by atoms with E-state index in [2.05, 4.69) is 23.5 Å². The summed E-state index contributed by atoms with van der Waals surface area (Å²) in [5.41, 5.74) is 0. The number of morpholine rings is 1. The maximum atomic E-state index is 5.77. The smallest absolute Gasteiger partial charge is 0.188 e. The van der Waals surface area contributed by atoms with Crippen LogP contribution < -0.4 is 10.1 Å². The van der Waals surface area contributed by atoms with Crippen molar-refractivity contribution in [1.82, 2.24) is 5.32 Å². The number of hydrogen-bond acceptors (Lipinski definition) is 2. The molecule has 1 fully saturated rings. The van der Waals surface area contributed by atoms with Crippen LogP contribution in [0.5, 0.6) is 5.75 Å². The van der Waals surface area contributed by atoms with Gasteiger partial charge in [0.05, 0.1) is 13.2 Å². The maximum absolute atomic E-state index is 5.77. The van der Waals surface area contributed by atoms with Gasteiger partial charge in [-0.05, 0) is 22.9 Å². The molecule has 0 spiro atoms. The van der Waals surface area contributed by atoms with Crippen LogP contribution in [0.1, 0.15) is 0 Å². The molecule has 3 rings (SSSR count). The van der Waals surface area contributed by atoms with Gasteiger partial charge in [-0.15, -0.1) is 0 Å². The second kappa shape index (κ2) is 4.73. The fraction of sp³-hybridized carbons (Fsp3) is 0.286. The number of rotatable bonds is 2. The van der Waals surface area contributed by atoms with Crippen molar-refractivity contribution in [2.45, 2.75) is 6.23 Å². The molecule has 1 saturated heterocycles. The predicted octanol–water partition coefficient (Wildman–Crippen LogP) is 2.18. The number of benzene rings is 2. The highest BCUT2D eigenvalue weighted by Gasteiger charge is 2.15. The highest BCUT2D eigenvalue weighted by atomic mass is 16.5. The number of ether oxygens (including phenoxy) is 2. The third-order valence-corrected chi connectivity index (χ3v) is 2.82. The molecule has 0 aliphatic carbocycles. The lowest BCUT2D eigenvalue weighted by atomic mass is 10.1. The Morgan fingerprint density at radius 1 is 1.12 bits per heavy atom. The van der Waals surface area contributed by atoms with Crippen LogP contribution in [0, 0.1) is 0 Å². The van der Waals surface area contributed by atoms with Crippen molar-refractivity contribution in [3.8, 4) is 5.75 Å². The summed E-state index contributed by atoms with van der Waals surface area (Å²) >= 11 is 0. The lowest BCUT2D eigenvalue weighted by Crippen LogP contribution is -2.39. The molecule has 17 heavy (non-hydrogen) atoms. The summed E-state index contributed by atoms with van der Waals surface area (Å²) < 4.78 is 11.1. The van der Waals surface area contributed by atoms with Gasteiger partial charge in [-0.2, -0.15) is 5.32 Å². The van der Waals surface area contributed by atoms with Gasteiger partial charge in [0.1, 0.15) is 5.75 Å².